The molecule has 0 bridgehead atoms. The molecule has 0 fully saturated rings. The van der Waals surface area contributed by atoms with E-state index in [2.05, 4.69) is 19.3 Å². The summed E-state index contributed by atoms with van der Waals surface area (Å²) in [5.74, 6) is -0.241. The molecular weight excluding hydrogens is 344 g/mol. The number of carbonyl (C=O) groups is 2. The zero-order valence-corrected chi connectivity index (χ0v) is 12.0. The number of rotatable bonds is 2. The van der Waals surface area contributed by atoms with E-state index in [1.165, 1.54) is 24.3 Å². The molecule has 0 aromatic heterocycles. The van der Waals surface area contributed by atoms with Crippen LogP contribution in [-0.2, 0) is 30.0 Å². The summed E-state index contributed by atoms with van der Waals surface area (Å²) < 4.78 is 42.7. The normalized spacial score (nSPS) is 12.6. The van der Waals surface area contributed by atoms with Gasteiger partial charge in [0.05, 0.1) is 0 Å². The second-order valence-electron chi connectivity index (χ2n) is 2.84. The van der Waals surface area contributed by atoms with Gasteiger partial charge >= 0.3 is 0 Å². The third-order valence-corrected chi connectivity index (χ3v) is 1.73. The van der Waals surface area contributed by atoms with Crippen LogP contribution in [0.5, 0.6) is 0 Å². The van der Waals surface area contributed by atoms with E-state index in [0.29, 0.717) is 0 Å². The first-order valence-electron chi connectivity index (χ1n) is 4.53. The Hall–Kier alpha value is -2.74. The Balaban J connectivity index is 0. The van der Waals surface area contributed by atoms with Gasteiger partial charge < -0.3 is 0 Å². The number of nitrogens with two attached hydrogens (primary N) is 2. The van der Waals surface area contributed by atoms with Gasteiger partial charge in [-0.2, -0.15) is 0 Å². The van der Waals surface area contributed by atoms with Gasteiger partial charge in [0, 0.05) is 18.9 Å². The minimum Gasteiger partial charge on any atom is -0.290 e. The summed E-state index contributed by atoms with van der Waals surface area (Å²) in [6, 6.07) is 0. The van der Waals surface area contributed by atoms with Gasteiger partial charge in [0.1, 0.15) is 0 Å². The van der Waals surface area contributed by atoms with Crippen molar-refractivity contribution in [2.24, 2.45) is 19.3 Å². The molecule has 120 valence electrons. The summed E-state index contributed by atoms with van der Waals surface area (Å²) in [6.45, 7) is 0. The number of azide groups is 2. The fourth-order valence-electron chi connectivity index (χ4n) is 0.541. The van der Waals surface area contributed by atoms with Crippen LogP contribution in [0.25, 0.3) is 20.9 Å². The predicted molar refractivity (Wildman–Crippen MR) is 72.8 cm³/mol. The van der Waals surface area contributed by atoms with Crippen molar-refractivity contribution in [3.05, 3.63) is 45.2 Å². The molecule has 0 amide bonds. The Labute approximate surface area is 123 Å². The zero-order chi connectivity index (χ0) is 17.8. The quantitative estimate of drug-likeness (QED) is 0.279. The fraction of sp³-hybridized carbons (Fsp3) is 0. The van der Waals surface area contributed by atoms with Gasteiger partial charge in [0.25, 0.3) is 20.4 Å². The SMILES string of the molecule is O=C1C=CC(=O)C=C1.[N-]=[N+]=NS(N)(=O)=O.[N-]=[N+]=NS(N)(=O)=O. The first-order chi connectivity index (χ1) is 9.91. The van der Waals surface area contributed by atoms with Gasteiger partial charge in [-0.3, -0.25) is 9.59 Å². The van der Waals surface area contributed by atoms with Crippen LogP contribution in [0.15, 0.2) is 33.3 Å². The molecule has 1 rings (SSSR count). The number of nitrogens with zero attached hydrogens (tertiary/aromatic N) is 6. The fourth-order valence-corrected chi connectivity index (χ4v) is 0.745. The molecule has 0 radical (unpaired) electrons. The molecule has 0 aromatic rings. The molecule has 0 unspecified atom stereocenters. The first-order valence-corrected chi connectivity index (χ1v) is 7.54. The lowest BCUT2D eigenvalue weighted by Crippen LogP contribution is -2.05. The number of allylic oxidation sites excluding steroid dienone is 4. The molecule has 0 saturated carbocycles. The van der Waals surface area contributed by atoms with Crippen LogP contribution in [-0.4, -0.2) is 28.4 Å². The van der Waals surface area contributed by atoms with Gasteiger partial charge in [-0.1, -0.05) is 0 Å². The highest BCUT2D eigenvalue weighted by molar-refractivity contribution is 7.87. The Kier molecular flexibility index (Phi) is 9.85. The molecule has 1 aliphatic carbocycles. The number of carbonyl (C=O) groups excluding carboxylic acids is 2. The first kappa shape index (κ1) is 21.6. The van der Waals surface area contributed by atoms with Crippen LogP contribution in [0.3, 0.4) is 0 Å². The monoisotopic (exact) mass is 352 g/mol. The largest absolute Gasteiger partial charge is 0.297 e. The van der Waals surface area contributed by atoms with Gasteiger partial charge in [0.2, 0.25) is 0 Å². The lowest BCUT2D eigenvalue weighted by atomic mass is 10.2. The van der Waals surface area contributed by atoms with Crippen LogP contribution in [0.4, 0.5) is 0 Å². The summed E-state index contributed by atoms with van der Waals surface area (Å²) in [4.78, 5) is 24.4. The van der Waals surface area contributed by atoms with E-state index in [1.807, 2.05) is 9.82 Å². The van der Waals surface area contributed by atoms with Crippen LogP contribution in [0.2, 0.25) is 0 Å². The van der Waals surface area contributed by atoms with E-state index in [4.69, 9.17) is 11.1 Å². The summed E-state index contributed by atoms with van der Waals surface area (Å²) >= 11 is 0. The number of ketones is 2. The van der Waals surface area contributed by atoms with Crippen LogP contribution >= 0.6 is 0 Å². The van der Waals surface area contributed by atoms with E-state index in [1.54, 1.807) is 0 Å². The van der Waals surface area contributed by atoms with E-state index in [9.17, 15) is 26.4 Å². The smallest absolute Gasteiger partial charge is 0.290 e. The molecule has 0 aromatic carbocycles. The van der Waals surface area contributed by atoms with Crippen molar-refractivity contribution in [1.82, 2.24) is 0 Å². The maximum atomic E-state index is 10.3. The van der Waals surface area contributed by atoms with Gasteiger partial charge in [-0.15, -0.1) is 0 Å². The van der Waals surface area contributed by atoms with Crippen LogP contribution in [0, 0.1) is 0 Å². The van der Waals surface area contributed by atoms with E-state index >= 15 is 0 Å². The van der Waals surface area contributed by atoms with Gasteiger partial charge in [-0.25, -0.2) is 27.1 Å². The number of hydrogen-bond donors (Lipinski definition) is 2. The Bertz CT molecular complexity index is 697. The average molecular weight is 352 g/mol. The molecular formula is C6H8N8O6S2. The highest BCUT2D eigenvalue weighted by Crippen LogP contribution is 1.90. The minimum absolute atomic E-state index is 0.121. The summed E-state index contributed by atoms with van der Waals surface area (Å²) in [6.07, 6.45) is 5.01. The second kappa shape index (κ2) is 10.1. The topological polar surface area (TPSA) is 252 Å². The van der Waals surface area contributed by atoms with Gasteiger partial charge in [-0.05, 0) is 35.4 Å². The van der Waals surface area contributed by atoms with Crippen molar-refractivity contribution in [3.8, 4) is 0 Å². The van der Waals surface area contributed by atoms with Crippen molar-refractivity contribution < 1.29 is 26.4 Å². The highest BCUT2D eigenvalue weighted by atomic mass is 32.2. The summed E-state index contributed by atoms with van der Waals surface area (Å²) in [5.41, 5.74) is 14.8. The third-order valence-electron chi connectivity index (χ3n) is 1.12. The van der Waals surface area contributed by atoms with Crippen molar-refractivity contribution in [2.75, 3.05) is 0 Å². The molecule has 14 nitrogen and oxygen atoms in total. The molecule has 0 heterocycles. The van der Waals surface area contributed by atoms with Crippen molar-refractivity contribution in [2.45, 2.75) is 0 Å². The zero-order valence-electron chi connectivity index (χ0n) is 10.4. The molecule has 4 N–H and O–H groups in total. The Morgan fingerprint density at radius 2 is 1.00 bits per heavy atom. The van der Waals surface area contributed by atoms with Gasteiger partial charge in [0.15, 0.2) is 11.6 Å². The Morgan fingerprint density at radius 3 is 1.09 bits per heavy atom. The lowest BCUT2D eigenvalue weighted by molar-refractivity contribution is -0.113. The molecule has 1 aliphatic rings. The Morgan fingerprint density at radius 1 is 0.773 bits per heavy atom. The van der Waals surface area contributed by atoms with Crippen molar-refractivity contribution in [1.29, 1.82) is 0 Å². The molecule has 0 saturated heterocycles. The maximum Gasteiger partial charge on any atom is 0.297 e. The molecule has 0 atom stereocenters. The highest BCUT2D eigenvalue weighted by Gasteiger charge is 1.98. The molecule has 0 spiro atoms. The molecule has 0 aliphatic heterocycles. The van der Waals surface area contributed by atoms with Crippen LogP contribution < -0.4 is 10.3 Å². The number of hydrogen-bond acceptors (Lipinski definition) is 6. The molecule has 22 heavy (non-hydrogen) atoms. The van der Waals surface area contributed by atoms with Crippen molar-refractivity contribution >= 4 is 32.0 Å². The lowest BCUT2D eigenvalue weighted by Gasteiger charge is -1.87. The standard InChI is InChI=1S/C6H4O2.2H2N4O2S/c7-5-1-2-6(8)4-3-5;2*1-3-4-7(2,5)6/h1-4H;2*(H2,2,5,6). The van der Waals surface area contributed by atoms with E-state index in [-0.39, 0.29) is 11.6 Å². The van der Waals surface area contributed by atoms with Crippen molar-refractivity contribution in [3.63, 3.8) is 0 Å². The van der Waals surface area contributed by atoms with Crippen LogP contribution in [0.1, 0.15) is 0 Å². The predicted octanol–water partition coefficient (Wildman–Crippen LogP) is -0.749. The maximum absolute atomic E-state index is 10.3. The summed E-state index contributed by atoms with van der Waals surface area (Å²) in [7, 11) is -7.93. The van der Waals surface area contributed by atoms with E-state index in [0.717, 1.165) is 0 Å². The third kappa shape index (κ3) is 19.6. The summed E-state index contributed by atoms with van der Waals surface area (Å²) in [5, 5.41) is 8.40. The minimum atomic E-state index is -3.97. The molecule has 16 heteroatoms. The second-order valence-corrected chi connectivity index (χ2v) is 5.23. The van der Waals surface area contributed by atoms with E-state index < -0.39 is 20.4 Å². The average Bonchev–Trinajstić information content (AvgIpc) is 2.31.